The Hall–Kier alpha value is -2.10. The Labute approximate surface area is 140 Å². The van der Waals surface area contributed by atoms with E-state index < -0.39 is 43.7 Å². The molecule has 0 spiro atoms. The van der Waals surface area contributed by atoms with Gasteiger partial charge in [0.2, 0.25) is 0 Å². The molecule has 7 nitrogen and oxygen atoms in total. The van der Waals surface area contributed by atoms with Crippen molar-refractivity contribution in [2.45, 2.75) is 38.8 Å². The molecular weight excluding hydrogens is 355 g/mol. The molecule has 0 aliphatic heterocycles. The first-order chi connectivity index (χ1) is 11.1. The van der Waals surface area contributed by atoms with Crippen LogP contribution in [0.3, 0.4) is 0 Å². The Kier molecular flexibility index (Phi) is 6.76. The van der Waals surface area contributed by atoms with E-state index in [1.165, 1.54) is 0 Å². The fourth-order valence-electron chi connectivity index (χ4n) is 2.09. The molecule has 1 N–H and O–H groups in total. The number of alkyl halides is 3. The fourth-order valence-corrected chi connectivity index (χ4v) is 2.42. The molecule has 0 radical (unpaired) electrons. The summed E-state index contributed by atoms with van der Waals surface area (Å²) in [6.45, 7) is 2.11. The van der Waals surface area contributed by atoms with Gasteiger partial charge in [0, 0.05) is 12.6 Å². The third kappa shape index (κ3) is 4.70. The minimum atomic E-state index is -5.05. The number of nitro groups is 2. The number of nitrogens with zero attached hydrogens (tertiary/aromatic N) is 2. The van der Waals surface area contributed by atoms with E-state index in [1.807, 2.05) is 6.92 Å². The van der Waals surface area contributed by atoms with Crippen LogP contribution >= 0.6 is 11.6 Å². The minimum absolute atomic E-state index is 0.142. The van der Waals surface area contributed by atoms with Crippen molar-refractivity contribution in [2.24, 2.45) is 0 Å². The molecule has 1 aromatic rings. The summed E-state index contributed by atoms with van der Waals surface area (Å²) in [6, 6.07) is 0.212. The highest BCUT2D eigenvalue weighted by Crippen LogP contribution is 2.47. The lowest BCUT2D eigenvalue weighted by Crippen LogP contribution is -2.12. The Balaban J connectivity index is 3.36. The number of benzene rings is 1. The lowest BCUT2D eigenvalue weighted by Gasteiger charge is -2.13. The molecule has 24 heavy (non-hydrogen) atoms. The molecule has 0 saturated heterocycles. The van der Waals surface area contributed by atoms with Crippen molar-refractivity contribution in [2.75, 3.05) is 11.9 Å². The summed E-state index contributed by atoms with van der Waals surface area (Å²) in [6.07, 6.45) is -1.88. The van der Waals surface area contributed by atoms with Gasteiger partial charge in [-0.1, -0.05) is 37.8 Å². The number of anilines is 1. The van der Waals surface area contributed by atoms with Gasteiger partial charge in [-0.2, -0.15) is 13.2 Å². The van der Waals surface area contributed by atoms with E-state index in [4.69, 9.17) is 11.6 Å². The summed E-state index contributed by atoms with van der Waals surface area (Å²) >= 11 is 5.51. The highest BCUT2D eigenvalue weighted by Gasteiger charge is 2.41. The van der Waals surface area contributed by atoms with Gasteiger partial charge in [-0.25, -0.2) is 0 Å². The number of nitrogens with one attached hydrogen (secondary N) is 1. The number of hydrogen-bond donors (Lipinski definition) is 1. The molecule has 0 heterocycles. The van der Waals surface area contributed by atoms with Crippen LogP contribution < -0.4 is 5.32 Å². The van der Waals surface area contributed by atoms with E-state index in [0.717, 1.165) is 19.3 Å². The SMILES string of the molecule is CCCCCCNc1c([N+](=O)[O-])cc(C(F)(F)F)c(Cl)c1[N+](=O)[O-]. The lowest BCUT2D eigenvalue weighted by molar-refractivity contribution is -0.392. The molecule has 0 atom stereocenters. The Morgan fingerprint density at radius 3 is 2.25 bits per heavy atom. The van der Waals surface area contributed by atoms with Gasteiger partial charge in [-0.3, -0.25) is 20.2 Å². The van der Waals surface area contributed by atoms with Crippen molar-refractivity contribution >= 4 is 28.7 Å². The predicted octanol–water partition coefficient (Wildman–Crippen LogP) is 5.17. The highest BCUT2D eigenvalue weighted by atomic mass is 35.5. The van der Waals surface area contributed by atoms with E-state index in [2.05, 4.69) is 5.32 Å². The van der Waals surface area contributed by atoms with E-state index >= 15 is 0 Å². The largest absolute Gasteiger partial charge is 0.418 e. The average Bonchev–Trinajstić information content (AvgIpc) is 2.44. The Morgan fingerprint density at radius 1 is 1.17 bits per heavy atom. The first-order valence-corrected chi connectivity index (χ1v) is 7.45. The van der Waals surface area contributed by atoms with Crippen LogP contribution in [-0.2, 0) is 6.18 Å². The molecule has 0 unspecified atom stereocenters. The molecule has 1 rings (SSSR count). The van der Waals surface area contributed by atoms with Gasteiger partial charge >= 0.3 is 11.9 Å². The zero-order valence-corrected chi connectivity index (χ0v) is 13.4. The van der Waals surface area contributed by atoms with Crippen molar-refractivity contribution in [1.29, 1.82) is 0 Å². The Bertz CT molecular complexity index is 638. The zero-order valence-electron chi connectivity index (χ0n) is 12.7. The maximum Gasteiger partial charge on any atom is 0.418 e. The Morgan fingerprint density at radius 2 is 1.79 bits per heavy atom. The molecule has 0 aliphatic rings. The summed E-state index contributed by atoms with van der Waals surface area (Å²) < 4.78 is 38.7. The van der Waals surface area contributed by atoms with Gasteiger partial charge in [-0.15, -0.1) is 0 Å². The van der Waals surface area contributed by atoms with Gasteiger partial charge in [-0.05, 0) is 6.42 Å². The van der Waals surface area contributed by atoms with Gasteiger partial charge in [0.1, 0.15) is 5.02 Å². The second-order valence-electron chi connectivity index (χ2n) is 4.98. The molecule has 0 aromatic heterocycles. The summed E-state index contributed by atoms with van der Waals surface area (Å²) in [7, 11) is 0. The first-order valence-electron chi connectivity index (χ1n) is 7.07. The maximum atomic E-state index is 12.9. The van der Waals surface area contributed by atoms with Gasteiger partial charge in [0.05, 0.1) is 15.4 Å². The van der Waals surface area contributed by atoms with Crippen molar-refractivity contribution in [1.82, 2.24) is 0 Å². The fraction of sp³-hybridized carbons (Fsp3) is 0.538. The third-order valence-electron chi connectivity index (χ3n) is 3.24. The van der Waals surface area contributed by atoms with Gasteiger partial charge < -0.3 is 5.32 Å². The minimum Gasteiger partial charge on any atom is -0.374 e. The van der Waals surface area contributed by atoms with Gasteiger partial charge in [0.25, 0.3) is 5.69 Å². The smallest absolute Gasteiger partial charge is 0.374 e. The standard InChI is InChI=1S/C13H15ClF3N3O4/c1-2-3-4-5-6-18-11-9(19(21)22)7-8(13(15,16)17)10(14)12(11)20(23)24/h7,18H,2-6H2,1H3. The number of nitro benzene ring substituents is 2. The maximum absolute atomic E-state index is 12.9. The van der Waals surface area contributed by atoms with E-state index in [0.29, 0.717) is 6.42 Å². The van der Waals surface area contributed by atoms with Crippen molar-refractivity contribution in [3.8, 4) is 0 Å². The molecule has 0 aliphatic carbocycles. The summed E-state index contributed by atoms with van der Waals surface area (Å²) in [5, 5.41) is 23.5. The van der Waals surface area contributed by atoms with Crippen molar-refractivity contribution < 1.29 is 23.0 Å². The second-order valence-corrected chi connectivity index (χ2v) is 5.36. The van der Waals surface area contributed by atoms with Crippen molar-refractivity contribution in [3.63, 3.8) is 0 Å². The van der Waals surface area contributed by atoms with Crippen LogP contribution in [0.25, 0.3) is 0 Å². The van der Waals surface area contributed by atoms with Crippen LogP contribution in [0.5, 0.6) is 0 Å². The molecule has 0 fully saturated rings. The monoisotopic (exact) mass is 369 g/mol. The average molecular weight is 370 g/mol. The van der Waals surface area contributed by atoms with Crippen LogP contribution in [0.1, 0.15) is 38.2 Å². The van der Waals surface area contributed by atoms with E-state index in [-0.39, 0.29) is 12.6 Å². The summed E-state index contributed by atoms with van der Waals surface area (Å²) in [5.41, 5.74) is -4.40. The molecule has 0 amide bonds. The van der Waals surface area contributed by atoms with Crippen LogP contribution in [0, 0.1) is 20.2 Å². The summed E-state index contributed by atoms with van der Waals surface area (Å²) in [5.74, 6) is 0. The first kappa shape index (κ1) is 19.9. The molecule has 0 saturated carbocycles. The third-order valence-corrected chi connectivity index (χ3v) is 3.62. The normalized spacial score (nSPS) is 11.4. The number of hydrogen-bond acceptors (Lipinski definition) is 5. The molecule has 134 valence electrons. The number of unbranched alkanes of at least 4 members (excludes halogenated alkanes) is 3. The topological polar surface area (TPSA) is 98.3 Å². The van der Waals surface area contributed by atoms with Crippen molar-refractivity contribution in [3.05, 3.63) is 36.9 Å². The van der Waals surface area contributed by atoms with Crippen LogP contribution in [-0.4, -0.2) is 16.4 Å². The molecule has 1 aromatic carbocycles. The molecule has 0 bridgehead atoms. The second kappa shape index (κ2) is 8.13. The summed E-state index contributed by atoms with van der Waals surface area (Å²) in [4.78, 5) is 19.9. The quantitative estimate of drug-likeness (QED) is 0.387. The van der Waals surface area contributed by atoms with Crippen LogP contribution in [0.4, 0.5) is 30.2 Å². The van der Waals surface area contributed by atoms with E-state index in [1.54, 1.807) is 0 Å². The van der Waals surface area contributed by atoms with Crippen LogP contribution in [0.15, 0.2) is 6.07 Å². The zero-order chi connectivity index (χ0) is 18.5. The predicted molar refractivity (Wildman–Crippen MR) is 82.4 cm³/mol. The lowest BCUT2D eigenvalue weighted by atomic mass is 10.1. The van der Waals surface area contributed by atoms with Gasteiger partial charge in [0.15, 0.2) is 5.69 Å². The molecule has 11 heteroatoms. The highest BCUT2D eigenvalue weighted by molar-refractivity contribution is 6.34. The molecular formula is C13H15ClF3N3O4. The number of halogens is 4. The van der Waals surface area contributed by atoms with E-state index in [9.17, 15) is 33.4 Å². The number of rotatable bonds is 8. The van der Waals surface area contributed by atoms with Crippen LogP contribution in [0.2, 0.25) is 5.02 Å².